The quantitative estimate of drug-likeness (QED) is 0.784. The third-order valence-corrected chi connectivity index (χ3v) is 3.16. The highest BCUT2D eigenvalue weighted by Gasteiger charge is 2.11. The van der Waals surface area contributed by atoms with E-state index in [4.69, 9.17) is 11.6 Å². The number of ether oxygens (including phenoxy) is 1. The number of nitrogens with one attached hydrogen (secondary N) is 1. The van der Waals surface area contributed by atoms with Crippen molar-refractivity contribution in [1.82, 2.24) is 4.90 Å². The summed E-state index contributed by atoms with van der Waals surface area (Å²) >= 11 is 5.96. The molecule has 1 aromatic carbocycles. The van der Waals surface area contributed by atoms with E-state index in [1.165, 1.54) is 7.11 Å². The Hall–Kier alpha value is -1.59. The predicted octanol–water partition coefficient (Wildman–Crippen LogP) is 2.16. The Kier molecular flexibility index (Phi) is 7.04. The summed E-state index contributed by atoms with van der Waals surface area (Å²) in [6, 6.07) is 7.06. The van der Waals surface area contributed by atoms with Crippen molar-refractivity contribution in [2.45, 2.75) is 13.3 Å². The summed E-state index contributed by atoms with van der Waals surface area (Å²) < 4.78 is 4.60. The second kappa shape index (κ2) is 8.55. The number of carbonyl (C=O) groups is 2. The number of halogens is 1. The van der Waals surface area contributed by atoms with Crippen molar-refractivity contribution in [3.8, 4) is 0 Å². The number of likely N-dealkylation sites (N-methyl/N-ethyl adjacent to an activating group) is 1. The van der Waals surface area contributed by atoms with Crippen LogP contribution in [0.4, 0.5) is 5.69 Å². The molecule has 5 nitrogen and oxygen atoms in total. The Morgan fingerprint density at radius 1 is 1.35 bits per heavy atom. The van der Waals surface area contributed by atoms with Gasteiger partial charge in [0.15, 0.2) is 0 Å². The fourth-order valence-electron chi connectivity index (χ4n) is 1.63. The molecule has 0 saturated heterocycles. The average Bonchev–Trinajstić information content (AvgIpc) is 2.45. The highest BCUT2D eigenvalue weighted by atomic mass is 35.5. The Morgan fingerprint density at radius 3 is 2.65 bits per heavy atom. The first-order valence-electron chi connectivity index (χ1n) is 6.40. The van der Waals surface area contributed by atoms with Crippen molar-refractivity contribution < 1.29 is 14.3 Å². The van der Waals surface area contributed by atoms with Crippen molar-refractivity contribution in [3.63, 3.8) is 0 Å². The van der Waals surface area contributed by atoms with Crippen LogP contribution in [0.15, 0.2) is 24.3 Å². The minimum Gasteiger partial charge on any atom is -0.468 e. The Balaban J connectivity index is 2.42. The van der Waals surface area contributed by atoms with Crippen LogP contribution in [0, 0.1) is 0 Å². The molecule has 0 aliphatic heterocycles. The lowest BCUT2D eigenvalue weighted by Crippen LogP contribution is -2.33. The zero-order chi connectivity index (χ0) is 15.0. The summed E-state index contributed by atoms with van der Waals surface area (Å²) in [7, 11) is 1.35. The molecule has 0 spiro atoms. The zero-order valence-electron chi connectivity index (χ0n) is 11.7. The topological polar surface area (TPSA) is 58.6 Å². The van der Waals surface area contributed by atoms with E-state index < -0.39 is 0 Å². The summed E-state index contributed by atoms with van der Waals surface area (Å²) in [5.74, 6) is -0.445. The van der Waals surface area contributed by atoms with Crippen LogP contribution in [-0.2, 0) is 14.3 Å². The lowest BCUT2D eigenvalue weighted by Gasteiger charge is -2.18. The van der Waals surface area contributed by atoms with Crippen LogP contribution in [0.25, 0.3) is 0 Å². The molecule has 1 N–H and O–H groups in total. The van der Waals surface area contributed by atoms with Gasteiger partial charge in [0, 0.05) is 13.0 Å². The lowest BCUT2D eigenvalue weighted by molar-refractivity contribution is -0.142. The van der Waals surface area contributed by atoms with E-state index in [2.05, 4.69) is 10.1 Å². The molecule has 0 heterocycles. The van der Waals surface area contributed by atoms with Crippen molar-refractivity contribution in [1.29, 1.82) is 0 Å². The van der Waals surface area contributed by atoms with Gasteiger partial charge in [-0.15, -0.1) is 0 Å². The fourth-order valence-corrected chi connectivity index (χ4v) is 1.81. The second-order valence-electron chi connectivity index (χ2n) is 4.22. The van der Waals surface area contributed by atoms with Gasteiger partial charge in [-0.2, -0.15) is 0 Å². The minimum atomic E-state index is -0.307. The number of esters is 1. The van der Waals surface area contributed by atoms with Crippen LogP contribution < -0.4 is 5.32 Å². The Bertz CT molecular complexity index is 465. The van der Waals surface area contributed by atoms with Gasteiger partial charge in [0.1, 0.15) is 0 Å². The molecular weight excluding hydrogens is 280 g/mol. The SMILES string of the molecule is CCN(CCC(=O)Nc1ccccc1Cl)CC(=O)OC. The number of methoxy groups -OCH3 is 1. The van der Waals surface area contributed by atoms with Gasteiger partial charge in [-0.3, -0.25) is 14.5 Å². The molecule has 6 heteroatoms. The molecule has 20 heavy (non-hydrogen) atoms. The lowest BCUT2D eigenvalue weighted by atomic mass is 10.3. The molecule has 0 atom stereocenters. The highest BCUT2D eigenvalue weighted by Crippen LogP contribution is 2.20. The van der Waals surface area contributed by atoms with E-state index in [1.807, 2.05) is 11.8 Å². The van der Waals surface area contributed by atoms with Crippen LogP contribution in [0.2, 0.25) is 5.02 Å². The van der Waals surface area contributed by atoms with Crippen LogP contribution in [-0.4, -0.2) is 43.5 Å². The Labute approximate surface area is 123 Å². The minimum absolute atomic E-state index is 0.138. The van der Waals surface area contributed by atoms with Crippen LogP contribution in [0.5, 0.6) is 0 Å². The molecule has 1 aromatic rings. The first-order valence-corrected chi connectivity index (χ1v) is 6.78. The van der Waals surface area contributed by atoms with Crippen molar-refractivity contribution >= 4 is 29.2 Å². The standard InChI is InChI=1S/C14H19ClN2O3/c1-3-17(10-14(19)20-2)9-8-13(18)16-12-7-5-4-6-11(12)15/h4-7H,3,8-10H2,1-2H3,(H,16,18). The van der Waals surface area contributed by atoms with E-state index in [0.29, 0.717) is 23.8 Å². The third-order valence-electron chi connectivity index (χ3n) is 2.83. The van der Waals surface area contributed by atoms with Gasteiger partial charge >= 0.3 is 5.97 Å². The van der Waals surface area contributed by atoms with Crippen molar-refractivity contribution in [2.75, 3.05) is 32.1 Å². The zero-order valence-corrected chi connectivity index (χ0v) is 12.4. The largest absolute Gasteiger partial charge is 0.468 e. The molecule has 0 radical (unpaired) electrons. The van der Waals surface area contributed by atoms with Crippen LogP contribution >= 0.6 is 11.6 Å². The number of hydrogen-bond donors (Lipinski definition) is 1. The maximum absolute atomic E-state index is 11.8. The second-order valence-corrected chi connectivity index (χ2v) is 4.63. The van der Waals surface area contributed by atoms with Gasteiger partial charge in [0.05, 0.1) is 24.4 Å². The molecule has 1 rings (SSSR count). The number of carbonyl (C=O) groups excluding carboxylic acids is 2. The van der Waals surface area contributed by atoms with E-state index in [0.717, 1.165) is 0 Å². The number of para-hydroxylation sites is 1. The number of hydrogen-bond acceptors (Lipinski definition) is 4. The molecule has 1 amide bonds. The van der Waals surface area contributed by atoms with Gasteiger partial charge in [0.25, 0.3) is 0 Å². The summed E-state index contributed by atoms with van der Waals surface area (Å²) in [5.41, 5.74) is 0.593. The Morgan fingerprint density at radius 2 is 2.05 bits per heavy atom. The smallest absolute Gasteiger partial charge is 0.319 e. The van der Waals surface area contributed by atoms with Gasteiger partial charge < -0.3 is 10.1 Å². The monoisotopic (exact) mass is 298 g/mol. The molecule has 0 fully saturated rings. The maximum Gasteiger partial charge on any atom is 0.319 e. The predicted molar refractivity (Wildman–Crippen MR) is 78.8 cm³/mol. The molecule has 0 unspecified atom stereocenters. The van der Waals surface area contributed by atoms with Crippen LogP contribution in [0.1, 0.15) is 13.3 Å². The molecule has 0 aliphatic carbocycles. The molecular formula is C14H19ClN2O3. The molecule has 110 valence electrons. The van der Waals surface area contributed by atoms with Gasteiger partial charge in [-0.25, -0.2) is 0 Å². The number of rotatable bonds is 7. The summed E-state index contributed by atoms with van der Waals surface area (Å²) in [5, 5.41) is 3.25. The number of anilines is 1. The first-order chi connectivity index (χ1) is 9.56. The normalized spacial score (nSPS) is 10.4. The first kappa shape index (κ1) is 16.5. The van der Waals surface area contributed by atoms with Gasteiger partial charge in [-0.1, -0.05) is 30.7 Å². The van der Waals surface area contributed by atoms with Gasteiger partial charge in [-0.05, 0) is 18.7 Å². The van der Waals surface area contributed by atoms with E-state index in [1.54, 1.807) is 24.3 Å². The number of benzene rings is 1. The van der Waals surface area contributed by atoms with Crippen molar-refractivity contribution in [2.24, 2.45) is 0 Å². The van der Waals surface area contributed by atoms with E-state index >= 15 is 0 Å². The molecule has 0 aliphatic rings. The van der Waals surface area contributed by atoms with E-state index in [9.17, 15) is 9.59 Å². The maximum atomic E-state index is 11.8. The molecule has 0 aromatic heterocycles. The van der Waals surface area contributed by atoms with Crippen molar-refractivity contribution in [3.05, 3.63) is 29.3 Å². The third kappa shape index (κ3) is 5.59. The fraction of sp³-hybridized carbons (Fsp3) is 0.429. The summed E-state index contributed by atoms with van der Waals surface area (Å²) in [4.78, 5) is 24.9. The number of nitrogens with zero attached hydrogens (tertiary/aromatic N) is 1. The summed E-state index contributed by atoms with van der Waals surface area (Å²) in [6.07, 6.45) is 0.288. The van der Waals surface area contributed by atoms with Gasteiger partial charge in [0.2, 0.25) is 5.91 Å². The number of amides is 1. The molecule has 0 bridgehead atoms. The van der Waals surface area contributed by atoms with E-state index in [-0.39, 0.29) is 24.8 Å². The summed E-state index contributed by atoms with van der Waals surface area (Å²) in [6.45, 7) is 3.28. The highest BCUT2D eigenvalue weighted by molar-refractivity contribution is 6.33. The molecule has 0 saturated carbocycles. The average molecular weight is 299 g/mol. The van der Waals surface area contributed by atoms with Crippen LogP contribution in [0.3, 0.4) is 0 Å².